The highest BCUT2D eigenvalue weighted by Crippen LogP contribution is 2.22. The SMILES string of the molecule is O=C(O)N[C@@H](Cc1ccccc1Cl)[C@H]1CO1. The molecular formula is C11H12ClNO3. The lowest BCUT2D eigenvalue weighted by Gasteiger charge is -2.15. The summed E-state index contributed by atoms with van der Waals surface area (Å²) in [5, 5.41) is 11.8. The Kier molecular flexibility index (Phi) is 3.31. The van der Waals surface area contributed by atoms with Crippen molar-refractivity contribution >= 4 is 17.7 Å². The molecule has 2 N–H and O–H groups in total. The minimum absolute atomic E-state index is 0.0210. The molecule has 1 saturated heterocycles. The largest absolute Gasteiger partial charge is 0.465 e. The van der Waals surface area contributed by atoms with E-state index in [-0.39, 0.29) is 12.1 Å². The van der Waals surface area contributed by atoms with Gasteiger partial charge in [0.25, 0.3) is 0 Å². The molecule has 0 saturated carbocycles. The number of carboxylic acid groups (broad SMARTS) is 1. The molecule has 0 aromatic heterocycles. The average Bonchev–Trinajstić information content (AvgIpc) is 3.03. The topological polar surface area (TPSA) is 61.9 Å². The molecule has 0 unspecified atom stereocenters. The second-order valence-corrected chi connectivity index (χ2v) is 4.13. The Morgan fingerprint density at radius 2 is 2.31 bits per heavy atom. The minimum Gasteiger partial charge on any atom is -0.465 e. The maximum atomic E-state index is 10.6. The third-order valence-corrected chi connectivity index (χ3v) is 2.88. The van der Waals surface area contributed by atoms with Crippen molar-refractivity contribution in [3.8, 4) is 0 Å². The molecule has 1 aromatic carbocycles. The first-order valence-electron chi connectivity index (χ1n) is 5.01. The molecule has 1 aliphatic heterocycles. The molecule has 1 aromatic rings. The predicted octanol–water partition coefficient (Wildman–Crippen LogP) is 1.92. The van der Waals surface area contributed by atoms with E-state index in [2.05, 4.69) is 5.32 Å². The van der Waals surface area contributed by atoms with E-state index in [0.717, 1.165) is 5.56 Å². The van der Waals surface area contributed by atoms with Crippen LogP contribution in [0.25, 0.3) is 0 Å². The quantitative estimate of drug-likeness (QED) is 0.792. The summed E-state index contributed by atoms with van der Waals surface area (Å²) in [6.45, 7) is 0.607. The number of rotatable bonds is 4. The van der Waals surface area contributed by atoms with Gasteiger partial charge in [-0.2, -0.15) is 0 Å². The van der Waals surface area contributed by atoms with Crippen molar-refractivity contribution in [2.45, 2.75) is 18.6 Å². The summed E-state index contributed by atoms with van der Waals surface area (Å²) in [4.78, 5) is 10.6. The van der Waals surface area contributed by atoms with Crippen LogP contribution in [-0.2, 0) is 11.2 Å². The highest BCUT2D eigenvalue weighted by Gasteiger charge is 2.34. The van der Waals surface area contributed by atoms with Crippen molar-refractivity contribution in [3.05, 3.63) is 34.9 Å². The fourth-order valence-electron chi connectivity index (χ4n) is 1.62. The lowest BCUT2D eigenvalue weighted by atomic mass is 10.0. The van der Waals surface area contributed by atoms with Crippen LogP contribution < -0.4 is 5.32 Å². The molecule has 2 rings (SSSR count). The van der Waals surface area contributed by atoms with E-state index in [9.17, 15) is 4.79 Å². The number of hydrogen-bond donors (Lipinski definition) is 2. The highest BCUT2D eigenvalue weighted by molar-refractivity contribution is 6.31. The summed E-state index contributed by atoms with van der Waals surface area (Å²) in [6.07, 6.45) is -0.503. The maximum absolute atomic E-state index is 10.6. The monoisotopic (exact) mass is 241 g/mol. The second kappa shape index (κ2) is 4.72. The van der Waals surface area contributed by atoms with Gasteiger partial charge >= 0.3 is 6.09 Å². The summed E-state index contributed by atoms with van der Waals surface area (Å²) in [7, 11) is 0. The lowest BCUT2D eigenvalue weighted by molar-refractivity contribution is 0.186. The summed E-state index contributed by atoms with van der Waals surface area (Å²) in [5.74, 6) is 0. The summed E-state index contributed by atoms with van der Waals surface area (Å²) in [6, 6.07) is 7.19. The zero-order valence-corrected chi connectivity index (χ0v) is 9.28. The van der Waals surface area contributed by atoms with E-state index in [1.54, 1.807) is 6.07 Å². The van der Waals surface area contributed by atoms with Crippen LogP contribution in [0.15, 0.2) is 24.3 Å². The van der Waals surface area contributed by atoms with Gasteiger partial charge in [-0.1, -0.05) is 29.8 Å². The number of halogens is 1. The third kappa shape index (κ3) is 2.87. The van der Waals surface area contributed by atoms with E-state index < -0.39 is 6.09 Å². The Labute approximate surface area is 98.2 Å². The van der Waals surface area contributed by atoms with Crippen molar-refractivity contribution in [2.75, 3.05) is 6.61 Å². The molecule has 0 spiro atoms. The summed E-state index contributed by atoms with van der Waals surface area (Å²) in [5.41, 5.74) is 0.929. The van der Waals surface area contributed by atoms with E-state index in [1.807, 2.05) is 18.2 Å². The molecule has 0 radical (unpaired) electrons. The number of carbonyl (C=O) groups is 1. The molecule has 1 aliphatic rings. The van der Waals surface area contributed by atoms with Gasteiger partial charge in [0.15, 0.2) is 0 Å². The Balaban J connectivity index is 2.05. The van der Waals surface area contributed by atoms with Crippen LogP contribution in [0.2, 0.25) is 5.02 Å². The number of epoxide rings is 1. The summed E-state index contributed by atoms with van der Waals surface area (Å²) < 4.78 is 5.11. The predicted molar refractivity (Wildman–Crippen MR) is 59.8 cm³/mol. The molecule has 0 bridgehead atoms. The van der Waals surface area contributed by atoms with Crippen LogP contribution in [0.1, 0.15) is 5.56 Å². The van der Waals surface area contributed by atoms with Crippen LogP contribution in [0.5, 0.6) is 0 Å². The number of hydrogen-bond acceptors (Lipinski definition) is 2. The van der Waals surface area contributed by atoms with Crippen LogP contribution in [0.3, 0.4) is 0 Å². The average molecular weight is 242 g/mol. The Morgan fingerprint density at radius 1 is 1.62 bits per heavy atom. The van der Waals surface area contributed by atoms with Gasteiger partial charge < -0.3 is 15.2 Å². The third-order valence-electron chi connectivity index (χ3n) is 2.51. The highest BCUT2D eigenvalue weighted by atomic mass is 35.5. The fourth-order valence-corrected chi connectivity index (χ4v) is 1.84. The van der Waals surface area contributed by atoms with Crippen LogP contribution in [-0.4, -0.2) is 30.0 Å². The molecule has 5 heteroatoms. The van der Waals surface area contributed by atoms with E-state index >= 15 is 0 Å². The van der Waals surface area contributed by atoms with Crippen molar-refractivity contribution in [1.29, 1.82) is 0 Å². The molecule has 1 fully saturated rings. The van der Waals surface area contributed by atoms with Gasteiger partial charge in [-0.3, -0.25) is 0 Å². The molecule has 0 aliphatic carbocycles. The van der Waals surface area contributed by atoms with Crippen molar-refractivity contribution in [3.63, 3.8) is 0 Å². The molecule has 86 valence electrons. The Bertz CT molecular complexity index is 393. The van der Waals surface area contributed by atoms with Crippen LogP contribution in [0.4, 0.5) is 4.79 Å². The summed E-state index contributed by atoms with van der Waals surface area (Å²) >= 11 is 6.01. The minimum atomic E-state index is -1.03. The molecule has 2 atom stereocenters. The Hall–Kier alpha value is -1.26. The van der Waals surface area contributed by atoms with Gasteiger partial charge in [-0.25, -0.2) is 4.79 Å². The van der Waals surface area contributed by atoms with E-state index in [0.29, 0.717) is 18.1 Å². The normalized spacial score (nSPS) is 20.2. The molecule has 1 heterocycles. The van der Waals surface area contributed by atoms with Crippen LogP contribution >= 0.6 is 11.6 Å². The standard InChI is InChI=1S/C11H12ClNO3/c12-8-4-2-1-3-7(8)5-9(10-6-16-10)13-11(14)15/h1-4,9-10,13H,5-6H2,(H,14,15)/t9-,10+/m0/s1. The fraction of sp³-hybridized carbons (Fsp3) is 0.364. The smallest absolute Gasteiger partial charge is 0.404 e. The van der Waals surface area contributed by atoms with Gasteiger partial charge in [-0.05, 0) is 18.1 Å². The molecule has 1 amide bonds. The first kappa shape index (κ1) is 11.2. The molecule has 4 nitrogen and oxygen atoms in total. The maximum Gasteiger partial charge on any atom is 0.404 e. The lowest BCUT2D eigenvalue weighted by Crippen LogP contribution is -2.39. The van der Waals surface area contributed by atoms with Gasteiger partial charge in [0.2, 0.25) is 0 Å². The van der Waals surface area contributed by atoms with E-state index in [1.165, 1.54) is 0 Å². The first-order chi connectivity index (χ1) is 7.66. The molecule has 16 heavy (non-hydrogen) atoms. The second-order valence-electron chi connectivity index (χ2n) is 3.72. The number of amides is 1. The molecular weight excluding hydrogens is 230 g/mol. The van der Waals surface area contributed by atoms with Crippen molar-refractivity contribution < 1.29 is 14.6 Å². The van der Waals surface area contributed by atoms with Crippen molar-refractivity contribution in [2.24, 2.45) is 0 Å². The zero-order chi connectivity index (χ0) is 11.5. The first-order valence-corrected chi connectivity index (χ1v) is 5.39. The number of benzene rings is 1. The zero-order valence-electron chi connectivity index (χ0n) is 8.52. The number of nitrogens with one attached hydrogen (secondary N) is 1. The van der Waals surface area contributed by atoms with Crippen LogP contribution in [0, 0.1) is 0 Å². The van der Waals surface area contributed by atoms with Gasteiger partial charge in [0.05, 0.1) is 12.6 Å². The van der Waals surface area contributed by atoms with Gasteiger partial charge in [-0.15, -0.1) is 0 Å². The van der Waals surface area contributed by atoms with Crippen molar-refractivity contribution in [1.82, 2.24) is 5.32 Å². The Morgan fingerprint density at radius 3 is 2.88 bits per heavy atom. The number of ether oxygens (including phenoxy) is 1. The van der Waals surface area contributed by atoms with E-state index in [4.69, 9.17) is 21.4 Å². The van der Waals surface area contributed by atoms with Gasteiger partial charge in [0, 0.05) is 5.02 Å². The van der Waals surface area contributed by atoms with Gasteiger partial charge in [0.1, 0.15) is 6.10 Å².